The number of nitrogens with zero attached hydrogens (tertiary/aromatic N) is 1. The Morgan fingerprint density at radius 3 is 2.76 bits per heavy atom. The number of carbonyl (C=O) groups is 1. The number of rotatable bonds is 2. The van der Waals surface area contributed by atoms with Crippen LogP contribution in [0.15, 0.2) is 30.5 Å². The van der Waals surface area contributed by atoms with Crippen LogP contribution >= 0.6 is 0 Å². The smallest absolute Gasteiger partial charge is 0.328 e. The summed E-state index contributed by atoms with van der Waals surface area (Å²) in [6, 6.07) is 6.20. The number of hydrogen-bond acceptors (Lipinski definition) is 1. The fourth-order valence-electron chi connectivity index (χ4n) is 2.08. The standard InChI is InChI=1S/C14H15NO2/c1-9-4-5-13-11(6-9)12(8-15(13)3)10(2)7-14(16)17/h4-8H,1-3H3,(H,16,17)/b10-7+. The van der Waals surface area contributed by atoms with Crippen molar-refractivity contribution in [2.45, 2.75) is 13.8 Å². The van der Waals surface area contributed by atoms with Gasteiger partial charge in [-0.1, -0.05) is 11.6 Å². The molecule has 2 aromatic rings. The van der Waals surface area contributed by atoms with Gasteiger partial charge < -0.3 is 9.67 Å². The van der Waals surface area contributed by atoms with Crippen LogP contribution in [0, 0.1) is 6.92 Å². The second-order valence-corrected chi connectivity index (χ2v) is 4.34. The first-order valence-electron chi connectivity index (χ1n) is 5.46. The quantitative estimate of drug-likeness (QED) is 0.804. The summed E-state index contributed by atoms with van der Waals surface area (Å²) in [6.07, 6.45) is 3.22. The first kappa shape index (κ1) is 11.5. The molecule has 1 N–H and O–H groups in total. The average molecular weight is 229 g/mol. The Balaban J connectivity index is 2.70. The van der Waals surface area contributed by atoms with Gasteiger partial charge in [0.25, 0.3) is 0 Å². The minimum atomic E-state index is -0.910. The largest absolute Gasteiger partial charge is 0.478 e. The molecule has 88 valence electrons. The number of aryl methyl sites for hydroxylation is 2. The molecule has 0 aliphatic rings. The lowest BCUT2D eigenvalue weighted by Crippen LogP contribution is -1.89. The van der Waals surface area contributed by atoms with Crippen LogP contribution < -0.4 is 0 Å². The van der Waals surface area contributed by atoms with Crippen LogP contribution in [0.4, 0.5) is 0 Å². The van der Waals surface area contributed by atoms with Crippen molar-refractivity contribution >= 4 is 22.4 Å². The first-order chi connectivity index (χ1) is 7.99. The van der Waals surface area contributed by atoms with Gasteiger partial charge in [-0.15, -0.1) is 0 Å². The molecule has 0 aliphatic heterocycles. The van der Waals surface area contributed by atoms with E-state index in [0.29, 0.717) is 0 Å². The van der Waals surface area contributed by atoms with Gasteiger partial charge in [0.1, 0.15) is 0 Å². The molecule has 3 heteroatoms. The van der Waals surface area contributed by atoms with Crippen LogP contribution in [0.2, 0.25) is 0 Å². The van der Waals surface area contributed by atoms with E-state index in [9.17, 15) is 4.79 Å². The maximum absolute atomic E-state index is 10.7. The Hall–Kier alpha value is -2.03. The summed E-state index contributed by atoms with van der Waals surface area (Å²) in [5.41, 5.74) is 4.04. The van der Waals surface area contributed by atoms with Crippen LogP contribution in [0.25, 0.3) is 16.5 Å². The highest BCUT2D eigenvalue weighted by molar-refractivity contribution is 5.98. The zero-order valence-corrected chi connectivity index (χ0v) is 10.2. The third-order valence-corrected chi connectivity index (χ3v) is 2.91. The van der Waals surface area contributed by atoms with Gasteiger partial charge in [0.05, 0.1) is 0 Å². The van der Waals surface area contributed by atoms with E-state index in [4.69, 9.17) is 5.11 Å². The van der Waals surface area contributed by atoms with Gasteiger partial charge >= 0.3 is 5.97 Å². The lowest BCUT2D eigenvalue weighted by atomic mass is 10.0. The molecule has 1 aromatic carbocycles. The summed E-state index contributed by atoms with van der Waals surface area (Å²) >= 11 is 0. The Morgan fingerprint density at radius 2 is 2.12 bits per heavy atom. The molecule has 0 amide bonds. The molecule has 0 radical (unpaired) electrons. The van der Waals surface area contributed by atoms with Gasteiger partial charge in [-0.2, -0.15) is 0 Å². The molecule has 0 fully saturated rings. The zero-order chi connectivity index (χ0) is 12.6. The van der Waals surface area contributed by atoms with E-state index in [-0.39, 0.29) is 0 Å². The van der Waals surface area contributed by atoms with Gasteiger partial charge in [-0.05, 0) is 31.6 Å². The predicted molar refractivity (Wildman–Crippen MR) is 68.9 cm³/mol. The highest BCUT2D eigenvalue weighted by atomic mass is 16.4. The molecule has 0 bridgehead atoms. The Labute approximate surface area is 100.0 Å². The van der Waals surface area contributed by atoms with Crippen molar-refractivity contribution in [2.24, 2.45) is 7.05 Å². The highest BCUT2D eigenvalue weighted by Crippen LogP contribution is 2.27. The van der Waals surface area contributed by atoms with Crippen LogP contribution in [-0.2, 0) is 11.8 Å². The van der Waals surface area contributed by atoms with Gasteiger partial charge in [-0.3, -0.25) is 0 Å². The maximum Gasteiger partial charge on any atom is 0.328 e. The molecular formula is C14H15NO2. The maximum atomic E-state index is 10.7. The number of hydrogen-bond donors (Lipinski definition) is 1. The number of aliphatic carboxylic acids is 1. The van der Waals surface area contributed by atoms with Crippen molar-refractivity contribution in [3.8, 4) is 0 Å². The van der Waals surface area contributed by atoms with Crippen molar-refractivity contribution in [3.63, 3.8) is 0 Å². The van der Waals surface area contributed by atoms with E-state index in [0.717, 1.165) is 22.0 Å². The van der Waals surface area contributed by atoms with Gasteiger partial charge in [0.15, 0.2) is 0 Å². The summed E-state index contributed by atoms with van der Waals surface area (Å²) in [6.45, 7) is 3.86. The summed E-state index contributed by atoms with van der Waals surface area (Å²) in [7, 11) is 1.97. The highest BCUT2D eigenvalue weighted by Gasteiger charge is 2.08. The molecular weight excluding hydrogens is 214 g/mol. The molecule has 0 saturated carbocycles. The van der Waals surface area contributed by atoms with Crippen molar-refractivity contribution in [3.05, 3.63) is 41.6 Å². The normalized spacial score (nSPS) is 12.1. The topological polar surface area (TPSA) is 42.2 Å². The molecule has 17 heavy (non-hydrogen) atoms. The third kappa shape index (κ3) is 2.09. The van der Waals surface area contributed by atoms with E-state index < -0.39 is 5.97 Å². The van der Waals surface area contributed by atoms with Crippen molar-refractivity contribution < 1.29 is 9.90 Å². The van der Waals surface area contributed by atoms with Gasteiger partial charge in [0.2, 0.25) is 0 Å². The second kappa shape index (κ2) is 4.09. The number of fused-ring (bicyclic) bond motifs is 1. The monoisotopic (exact) mass is 229 g/mol. The SMILES string of the molecule is C/C(=C\C(=O)O)c1cn(C)c2ccc(C)cc12. The number of allylic oxidation sites excluding steroid dienone is 1. The van der Waals surface area contributed by atoms with Crippen molar-refractivity contribution in [1.29, 1.82) is 0 Å². The summed E-state index contributed by atoms with van der Waals surface area (Å²) in [5.74, 6) is -0.910. The molecule has 0 aliphatic carbocycles. The Bertz CT molecular complexity index is 620. The van der Waals surface area contributed by atoms with Gasteiger partial charge in [0, 0.05) is 35.8 Å². The van der Waals surface area contributed by atoms with E-state index in [1.54, 1.807) is 0 Å². The molecule has 0 atom stereocenters. The van der Waals surface area contributed by atoms with E-state index >= 15 is 0 Å². The second-order valence-electron chi connectivity index (χ2n) is 4.34. The van der Waals surface area contributed by atoms with Crippen LogP contribution in [0.3, 0.4) is 0 Å². The number of benzene rings is 1. The van der Waals surface area contributed by atoms with Crippen LogP contribution in [0.5, 0.6) is 0 Å². The minimum absolute atomic E-state index is 0.772. The Kier molecular flexibility index (Phi) is 2.76. The summed E-state index contributed by atoms with van der Waals surface area (Å²) in [4.78, 5) is 10.7. The molecule has 0 unspecified atom stereocenters. The lowest BCUT2D eigenvalue weighted by Gasteiger charge is -1.99. The average Bonchev–Trinajstić information content (AvgIpc) is 2.54. The fourth-order valence-corrected chi connectivity index (χ4v) is 2.08. The summed E-state index contributed by atoms with van der Waals surface area (Å²) in [5, 5.41) is 9.90. The molecule has 1 aromatic heterocycles. The number of carboxylic acids is 1. The fraction of sp³-hybridized carbons (Fsp3) is 0.214. The molecule has 2 rings (SSSR count). The number of aromatic nitrogens is 1. The minimum Gasteiger partial charge on any atom is -0.478 e. The van der Waals surface area contributed by atoms with Crippen LogP contribution in [0.1, 0.15) is 18.1 Å². The molecule has 0 saturated heterocycles. The molecule has 1 heterocycles. The Morgan fingerprint density at radius 1 is 1.41 bits per heavy atom. The zero-order valence-electron chi connectivity index (χ0n) is 10.2. The third-order valence-electron chi connectivity index (χ3n) is 2.91. The van der Waals surface area contributed by atoms with E-state index in [1.165, 1.54) is 11.6 Å². The summed E-state index contributed by atoms with van der Waals surface area (Å²) < 4.78 is 2.02. The lowest BCUT2D eigenvalue weighted by molar-refractivity contribution is -0.131. The van der Waals surface area contributed by atoms with Crippen molar-refractivity contribution in [2.75, 3.05) is 0 Å². The molecule has 3 nitrogen and oxygen atoms in total. The van der Waals surface area contributed by atoms with E-state index in [2.05, 4.69) is 18.2 Å². The van der Waals surface area contributed by atoms with Crippen LogP contribution in [-0.4, -0.2) is 15.6 Å². The van der Waals surface area contributed by atoms with E-state index in [1.807, 2.05) is 31.7 Å². The predicted octanol–water partition coefficient (Wildman–Crippen LogP) is 2.97. The van der Waals surface area contributed by atoms with Gasteiger partial charge in [-0.25, -0.2) is 4.79 Å². The molecule has 0 spiro atoms. The first-order valence-corrected chi connectivity index (χ1v) is 5.46. The van der Waals surface area contributed by atoms with Crippen molar-refractivity contribution in [1.82, 2.24) is 4.57 Å². The number of carboxylic acid groups (broad SMARTS) is 1.